The molecule has 5 heteroatoms. The highest BCUT2D eigenvalue weighted by Gasteiger charge is 2.16. The zero-order chi connectivity index (χ0) is 12.3. The van der Waals surface area contributed by atoms with Crippen molar-refractivity contribution in [3.8, 4) is 0 Å². The van der Waals surface area contributed by atoms with Gasteiger partial charge in [0.25, 0.3) is 5.91 Å². The number of aryl methyl sites for hydroxylation is 1. The SMILES string of the molecule is Cc1ccc(N)cc1C(=O)N(C)CC(=O)O. The number of hydrogen-bond donors (Lipinski definition) is 2. The highest BCUT2D eigenvalue weighted by atomic mass is 16.4. The summed E-state index contributed by atoms with van der Waals surface area (Å²) in [5.74, 6) is -1.38. The van der Waals surface area contributed by atoms with E-state index in [0.29, 0.717) is 11.3 Å². The van der Waals surface area contributed by atoms with E-state index in [0.717, 1.165) is 10.5 Å². The fourth-order valence-electron chi connectivity index (χ4n) is 1.35. The van der Waals surface area contributed by atoms with Crippen LogP contribution < -0.4 is 5.73 Å². The molecule has 0 aromatic heterocycles. The first-order valence-corrected chi connectivity index (χ1v) is 4.75. The monoisotopic (exact) mass is 222 g/mol. The minimum atomic E-state index is -1.04. The van der Waals surface area contributed by atoms with Gasteiger partial charge >= 0.3 is 5.97 Å². The lowest BCUT2D eigenvalue weighted by Crippen LogP contribution is -2.32. The third-order valence-electron chi connectivity index (χ3n) is 2.21. The Balaban J connectivity index is 2.95. The van der Waals surface area contributed by atoms with Gasteiger partial charge in [0.2, 0.25) is 0 Å². The van der Waals surface area contributed by atoms with Gasteiger partial charge in [-0.05, 0) is 24.6 Å². The van der Waals surface area contributed by atoms with Gasteiger partial charge < -0.3 is 15.7 Å². The van der Waals surface area contributed by atoms with Crippen molar-refractivity contribution in [2.75, 3.05) is 19.3 Å². The Morgan fingerprint density at radius 1 is 1.44 bits per heavy atom. The fourth-order valence-corrected chi connectivity index (χ4v) is 1.35. The maximum atomic E-state index is 11.9. The van der Waals surface area contributed by atoms with Gasteiger partial charge in [-0.25, -0.2) is 0 Å². The van der Waals surface area contributed by atoms with E-state index in [1.54, 1.807) is 25.1 Å². The van der Waals surface area contributed by atoms with Crippen LogP contribution in [0.4, 0.5) is 5.69 Å². The molecule has 0 atom stereocenters. The number of hydrogen-bond acceptors (Lipinski definition) is 3. The van der Waals surface area contributed by atoms with Crippen LogP contribution in [0, 0.1) is 6.92 Å². The number of likely N-dealkylation sites (N-methyl/N-ethyl adjacent to an activating group) is 1. The summed E-state index contributed by atoms with van der Waals surface area (Å²) in [4.78, 5) is 23.5. The first kappa shape index (κ1) is 12.0. The van der Waals surface area contributed by atoms with Gasteiger partial charge in [0.1, 0.15) is 6.54 Å². The molecule has 3 N–H and O–H groups in total. The number of carbonyl (C=O) groups is 2. The standard InChI is InChI=1S/C11H14N2O3/c1-7-3-4-8(12)5-9(7)11(16)13(2)6-10(14)15/h3-5H,6,12H2,1-2H3,(H,14,15). The predicted octanol–water partition coefficient (Wildman–Crippen LogP) is 0.734. The third-order valence-corrected chi connectivity index (χ3v) is 2.21. The number of carboxylic acid groups (broad SMARTS) is 1. The predicted molar refractivity (Wildman–Crippen MR) is 60.2 cm³/mol. The van der Waals surface area contributed by atoms with Crippen LogP contribution in [0.1, 0.15) is 15.9 Å². The van der Waals surface area contributed by atoms with Gasteiger partial charge in [-0.15, -0.1) is 0 Å². The Kier molecular flexibility index (Phi) is 3.50. The molecule has 1 amide bonds. The molecule has 0 bridgehead atoms. The summed E-state index contributed by atoms with van der Waals surface area (Å²) in [6, 6.07) is 4.98. The molecule has 86 valence electrons. The van der Waals surface area contributed by atoms with Crippen molar-refractivity contribution >= 4 is 17.6 Å². The van der Waals surface area contributed by atoms with E-state index in [1.807, 2.05) is 0 Å². The van der Waals surface area contributed by atoms with E-state index in [1.165, 1.54) is 7.05 Å². The highest BCUT2D eigenvalue weighted by Crippen LogP contribution is 2.14. The van der Waals surface area contributed by atoms with Gasteiger partial charge in [-0.3, -0.25) is 9.59 Å². The van der Waals surface area contributed by atoms with E-state index in [-0.39, 0.29) is 12.5 Å². The second kappa shape index (κ2) is 4.65. The number of carboxylic acids is 1. The van der Waals surface area contributed by atoms with Gasteiger partial charge in [0.15, 0.2) is 0 Å². The van der Waals surface area contributed by atoms with Crippen molar-refractivity contribution in [3.05, 3.63) is 29.3 Å². The van der Waals surface area contributed by atoms with E-state index >= 15 is 0 Å². The average molecular weight is 222 g/mol. The molecule has 0 aliphatic rings. The molecule has 1 rings (SSSR count). The Bertz CT molecular complexity index is 429. The maximum absolute atomic E-state index is 11.9. The Morgan fingerprint density at radius 3 is 2.62 bits per heavy atom. The number of benzene rings is 1. The molecular weight excluding hydrogens is 208 g/mol. The maximum Gasteiger partial charge on any atom is 0.323 e. The summed E-state index contributed by atoms with van der Waals surface area (Å²) in [5, 5.41) is 8.58. The molecule has 0 radical (unpaired) electrons. The van der Waals surface area contributed by atoms with Crippen LogP contribution in [-0.2, 0) is 4.79 Å². The summed E-state index contributed by atoms with van der Waals surface area (Å²) in [7, 11) is 1.44. The van der Waals surface area contributed by atoms with Crippen LogP contribution in [0.5, 0.6) is 0 Å². The summed E-state index contributed by atoms with van der Waals surface area (Å²) >= 11 is 0. The first-order chi connectivity index (χ1) is 7.41. The molecule has 0 unspecified atom stereocenters. The lowest BCUT2D eigenvalue weighted by molar-refractivity contribution is -0.137. The average Bonchev–Trinajstić information content (AvgIpc) is 2.19. The smallest absolute Gasteiger partial charge is 0.323 e. The van der Waals surface area contributed by atoms with Gasteiger partial charge in [-0.2, -0.15) is 0 Å². The number of anilines is 1. The number of amides is 1. The normalized spacial score (nSPS) is 9.88. The topological polar surface area (TPSA) is 83.6 Å². The van der Waals surface area contributed by atoms with Crippen molar-refractivity contribution in [1.29, 1.82) is 0 Å². The number of nitrogen functional groups attached to an aromatic ring is 1. The number of rotatable bonds is 3. The van der Waals surface area contributed by atoms with Crippen LogP contribution in [0.25, 0.3) is 0 Å². The zero-order valence-electron chi connectivity index (χ0n) is 9.23. The fraction of sp³-hybridized carbons (Fsp3) is 0.273. The van der Waals surface area contributed by atoms with E-state index < -0.39 is 5.97 Å². The molecule has 0 heterocycles. The van der Waals surface area contributed by atoms with Gasteiger partial charge in [-0.1, -0.05) is 6.07 Å². The highest BCUT2D eigenvalue weighted by molar-refractivity contribution is 5.97. The van der Waals surface area contributed by atoms with Crippen LogP contribution in [0.2, 0.25) is 0 Å². The van der Waals surface area contributed by atoms with Crippen LogP contribution in [-0.4, -0.2) is 35.5 Å². The molecule has 1 aromatic rings. The van der Waals surface area contributed by atoms with E-state index in [4.69, 9.17) is 10.8 Å². The number of carbonyl (C=O) groups excluding carboxylic acids is 1. The molecule has 0 saturated heterocycles. The van der Waals surface area contributed by atoms with E-state index in [9.17, 15) is 9.59 Å². The number of nitrogens with two attached hydrogens (primary N) is 1. The first-order valence-electron chi connectivity index (χ1n) is 4.75. The van der Waals surface area contributed by atoms with Gasteiger partial charge in [0.05, 0.1) is 0 Å². The largest absolute Gasteiger partial charge is 0.480 e. The molecule has 0 saturated carbocycles. The molecule has 16 heavy (non-hydrogen) atoms. The molecule has 0 fully saturated rings. The van der Waals surface area contributed by atoms with Crippen molar-refractivity contribution in [3.63, 3.8) is 0 Å². The van der Waals surface area contributed by atoms with Crippen LogP contribution in [0.3, 0.4) is 0 Å². The Morgan fingerprint density at radius 2 is 2.06 bits per heavy atom. The van der Waals surface area contributed by atoms with E-state index in [2.05, 4.69) is 0 Å². The Labute approximate surface area is 93.5 Å². The minimum Gasteiger partial charge on any atom is -0.480 e. The minimum absolute atomic E-state index is 0.326. The summed E-state index contributed by atoms with van der Waals surface area (Å²) in [6.45, 7) is 1.45. The molecular formula is C11H14N2O3. The second-order valence-electron chi connectivity index (χ2n) is 3.63. The molecule has 0 spiro atoms. The summed E-state index contributed by atoms with van der Waals surface area (Å²) in [5.41, 5.74) is 7.27. The van der Waals surface area contributed by atoms with Crippen LogP contribution in [0.15, 0.2) is 18.2 Å². The van der Waals surface area contributed by atoms with Crippen molar-refractivity contribution in [2.45, 2.75) is 6.92 Å². The third kappa shape index (κ3) is 2.73. The quantitative estimate of drug-likeness (QED) is 0.738. The Hall–Kier alpha value is -2.04. The summed E-state index contributed by atoms with van der Waals surface area (Å²) < 4.78 is 0. The van der Waals surface area contributed by atoms with Crippen molar-refractivity contribution < 1.29 is 14.7 Å². The van der Waals surface area contributed by atoms with Crippen LogP contribution >= 0.6 is 0 Å². The number of nitrogens with zero attached hydrogens (tertiary/aromatic N) is 1. The molecule has 5 nitrogen and oxygen atoms in total. The lowest BCUT2D eigenvalue weighted by Gasteiger charge is -2.16. The summed E-state index contributed by atoms with van der Waals surface area (Å²) in [6.07, 6.45) is 0. The lowest BCUT2D eigenvalue weighted by atomic mass is 10.1. The molecule has 0 aliphatic carbocycles. The molecule has 1 aromatic carbocycles. The zero-order valence-corrected chi connectivity index (χ0v) is 9.23. The molecule has 0 aliphatic heterocycles. The van der Waals surface area contributed by atoms with Crippen molar-refractivity contribution in [2.24, 2.45) is 0 Å². The number of aliphatic carboxylic acids is 1. The second-order valence-corrected chi connectivity index (χ2v) is 3.63. The van der Waals surface area contributed by atoms with Crippen molar-refractivity contribution in [1.82, 2.24) is 4.90 Å². The van der Waals surface area contributed by atoms with Gasteiger partial charge in [0, 0.05) is 18.3 Å².